The summed E-state index contributed by atoms with van der Waals surface area (Å²) in [6.07, 6.45) is 2.96. The molecule has 2 aromatic carbocycles. The Hall–Kier alpha value is -2.77. The molecule has 146 valence electrons. The van der Waals surface area contributed by atoms with Crippen LogP contribution in [0.25, 0.3) is 0 Å². The Morgan fingerprint density at radius 2 is 1.96 bits per heavy atom. The zero-order valence-electron chi connectivity index (χ0n) is 15.3. The summed E-state index contributed by atoms with van der Waals surface area (Å²) in [6.45, 7) is 2.53. The van der Waals surface area contributed by atoms with Gasteiger partial charge in [0.15, 0.2) is 0 Å². The summed E-state index contributed by atoms with van der Waals surface area (Å²) in [5.74, 6) is -0.198. The summed E-state index contributed by atoms with van der Waals surface area (Å²) in [7, 11) is 0. The van der Waals surface area contributed by atoms with Crippen LogP contribution in [0.5, 0.6) is 0 Å². The molecule has 0 radical (unpaired) electrons. The van der Waals surface area contributed by atoms with Gasteiger partial charge in [0.2, 0.25) is 5.91 Å². The molecule has 0 unspecified atom stereocenters. The van der Waals surface area contributed by atoms with E-state index in [9.17, 15) is 14.9 Å². The van der Waals surface area contributed by atoms with Gasteiger partial charge in [-0.2, -0.15) is 5.10 Å². The van der Waals surface area contributed by atoms with Gasteiger partial charge >= 0.3 is 0 Å². The van der Waals surface area contributed by atoms with Gasteiger partial charge < -0.3 is 0 Å². The van der Waals surface area contributed by atoms with Gasteiger partial charge in [-0.15, -0.1) is 0 Å². The topological polar surface area (TPSA) is 87.8 Å². The van der Waals surface area contributed by atoms with Crippen molar-refractivity contribution in [2.45, 2.75) is 19.4 Å². The second-order valence-electron chi connectivity index (χ2n) is 6.76. The first-order chi connectivity index (χ1) is 13.5. The van der Waals surface area contributed by atoms with Crippen molar-refractivity contribution >= 4 is 29.4 Å². The summed E-state index contributed by atoms with van der Waals surface area (Å²) < 4.78 is 0. The number of nitrogens with one attached hydrogen (secondary N) is 1. The fourth-order valence-corrected chi connectivity index (χ4v) is 3.31. The molecule has 0 saturated carbocycles. The molecule has 1 heterocycles. The van der Waals surface area contributed by atoms with Crippen molar-refractivity contribution in [3.05, 3.63) is 74.8 Å². The van der Waals surface area contributed by atoms with Crippen LogP contribution >= 0.6 is 11.6 Å². The van der Waals surface area contributed by atoms with E-state index in [1.807, 2.05) is 24.3 Å². The normalized spacial score (nSPS) is 15.6. The van der Waals surface area contributed by atoms with Crippen molar-refractivity contribution < 1.29 is 9.72 Å². The minimum atomic E-state index is -0.465. The van der Waals surface area contributed by atoms with E-state index in [0.717, 1.165) is 37.5 Å². The number of hydrogen-bond donors (Lipinski definition) is 1. The standard InChI is InChI=1S/C20H21ClN4O3/c21-18-6-4-15(5-7-18)14-24-10-8-17(9-11-24)20(26)23-22-13-16-2-1-3-19(12-16)25(27)28/h1-7,12-13,17H,8-11,14H2,(H,23,26)/b22-13+. The molecule has 1 N–H and O–H groups in total. The summed E-state index contributed by atoms with van der Waals surface area (Å²) in [4.78, 5) is 24.9. The maximum atomic E-state index is 12.3. The molecule has 2 aromatic rings. The average Bonchev–Trinajstić information content (AvgIpc) is 2.70. The molecule has 8 heteroatoms. The van der Waals surface area contributed by atoms with Crippen molar-refractivity contribution in [1.82, 2.24) is 10.3 Å². The molecule has 1 saturated heterocycles. The number of rotatable bonds is 6. The highest BCUT2D eigenvalue weighted by atomic mass is 35.5. The number of carbonyl (C=O) groups is 1. The first kappa shape index (κ1) is 20.0. The third-order valence-electron chi connectivity index (χ3n) is 4.75. The SMILES string of the molecule is O=C(N/N=C/c1cccc([N+](=O)[O-])c1)C1CCN(Cc2ccc(Cl)cc2)CC1. The van der Waals surface area contributed by atoms with Crippen LogP contribution in [0, 0.1) is 16.0 Å². The lowest BCUT2D eigenvalue weighted by Crippen LogP contribution is -2.39. The Labute approximate surface area is 168 Å². The zero-order chi connectivity index (χ0) is 19.9. The molecule has 1 amide bonds. The Morgan fingerprint density at radius 3 is 2.64 bits per heavy atom. The number of piperidine rings is 1. The van der Waals surface area contributed by atoms with Gasteiger partial charge in [0.1, 0.15) is 0 Å². The van der Waals surface area contributed by atoms with E-state index in [1.54, 1.807) is 12.1 Å². The van der Waals surface area contributed by atoms with Crippen LogP contribution in [-0.2, 0) is 11.3 Å². The molecular formula is C20H21ClN4O3. The lowest BCUT2D eigenvalue weighted by molar-refractivity contribution is -0.384. The first-order valence-electron chi connectivity index (χ1n) is 9.05. The molecule has 1 aliphatic heterocycles. The van der Waals surface area contributed by atoms with E-state index in [4.69, 9.17) is 11.6 Å². The Balaban J connectivity index is 1.45. The molecule has 7 nitrogen and oxygen atoms in total. The predicted molar refractivity (Wildman–Crippen MR) is 108 cm³/mol. The first-order valence-corrected chi connectivity index (χ1v) is 9.43. The largest absolute Gasteiger partial charge is 0.299 e. The quantitative estimate of drug-likeness (QED) is 0.455. The van der Waals surface area contributed by atoms with Crippen molar-refractivity contribution in [1.29, 1.82) is 0 Å². The lowest BCUT2D eigenvalue weighted by Gasteiger charge is -2.30. The summed E-state index contributed by atoms with van der Waals surface area (Å²) >= 11 is 5.91. The third-order valence-corrected chi connectivity index (χ3v) is 5.00. The summed E-state index contributed by atoms with van der Waals surface area (Å²) in [6, 6.07) is 13.9. The number of benzene rings is 2. The number of nitro benzene ring substituents is 1. The van der Waals surface area contributed by atoms with E-state index in [-0.39, 0.29) is 17.5 Å². The van der Waals surface area contributed by atoms with Crippen LogP contribution in [0.3, 0.4) is 0 Å². The third kappa shape index (κ3) is 5.61. The van der Waals surface area contributed by atoms with Crippen molar-refractivity contribution in [2.75, 3.05) is 13.1 Å². The van der Waals surface area contributed by atoms with Crippen LogP contribution in [-0.4, -0.2) is 35.0 Å². The maximum Gasteiger partial charge on any atom is 0.270 e. The van der Waals surface area contributed by atoms with E-state index in [2.05, 4.69) is 15.4 Å². The van der Waals surface area contributed by atoms with Gasteiger partial charge in [-0.1, -0.05) is 35.9 Å². The van der Waals surface area contributed by atoms with Gasteiger partial charge in [0, 0.05) is 35.2 Å². The number of non-ortho nitro benzene ring substituents is 1. The molecule has 1 fully saturated rings. The lowest BCUT2D eigenvalue weighted by atomic mass is 9.96. The van der Waals surface area contributed by atoms with Crippen LogP contribution in [0.4, 0.5) is 5.69 Å². The van der Waals surface area contributed by atoms with E-state index in [1.165, 1.54) is 23.9 Å². The van der Waals surface area contributed by atoms with Gasteiger partial charge in [-0.25, -0.2) is 5.43 Å². The van der Waals surface area contributed by atoms with E-state index >= 15 is 0 Å². The van der Waals surface area contributed by atoms with Crippen LogP contribution in [0.1, 0.15) is 24.0 Å². The molecular weight excluding hydrogens is 380 g/mol. The van der Waals surface area contributed by atoms with Gasteiger partial charge in [-0.3, -0.25) is 19.8 Å². The van der Waals surface area contributed by atoms with Gasteiger partial charge in [-0.05, 0) is 43.6 Å². The number of likely N-dealkylation sites (tertiary alicyclic amines) is 1. The fraction of sp³-hybridized carbons (Fsp3) is 0.300. The second kappa shape index (κ2) is 9.43. The fourth-order valence-electron chi connectivity index (χ4n) is 3.18. The Kier molecular flexibility index (Phi) is 6.73. The number of carbonyl (C=O) groups excluding carboxylic acids is 1. The van der Waals surface area contributed by atoms with Gasteiger partial charge in [0.05, 0.1) is 11.1 Å². The number of amides is 1. The minimum Gasteiger partial charge on any atom is -0.299 e. The highest BCUT2D eigenvalue weighted by Gasteiger charge is 2.24. The number of nitrogens with zero attached hydrogens (tertiary/aromatic N) is 3. The molecule has 0 aliphatic carbocycles. The Morgan fingerprint density at radius 1 is 1.25 bits per heavy atom. The van der Waals surface area contributed by atoms with Crippen molar-refractivity contribution in [3.8, 4) is 0 Å². The number of hydrogen-bond acceptors (Lipinski definition) is 5. The monoisotopic (exact) mass is 400 g/mol. The highest BCUT2D eigenvalue weighted by molar-refractivity contribution is 6.30. The van der Waals surface area contributed by atoms with Gasteiger partial charge in [0.25, 0.3) is 5.69 Å². The molecule has 3 rings (SSSR count). The number of nitro groups is 1. The Bertz CT molecular complexity index is 862. The molecule has 1 aliphatic rings. The second-order valence-corrected chi connectivity index (χ2v) is 7.20. The van der Waals surface area contributed by atoms with Crippen LogP contribution < -0.4 is 5.43 Å². The molecule has 28 heavy (non-hydrogen) atoms. The molecule has 0 atom stereocenters. The number of hydrazone groups is 1. The van der Waals surface area contributed by atoms with Crippen molar-refractivity contribution in [3.63, 3.8) is 0 Å². The zero-order valence-corrected chi connectivity index (χ0v) is 16.0. The molecule has 0 bridgehead atoms. The predicted octanol–water partition coefficient (Wildman–Crippen LogP) is 3.61. The van der Waals surface area contributed by atoms with E-state index in [0.29, 0.717) is 5.56 Å². The average molecular weight is 401 g/mol. The number of halogens is 1. The minimum absolute atomic E-state index is 0.0108. The smallest absolute Gasteiger partial charge is 0.270 e. The molecule has 0 aromatic heterocycles. The van der Waals surface area contributed by atoms with Crippen molar-refractivity contribution in [2.24, 2.45) is 11.0 Å². The van der Waals surface area contributed by atoms with Crippen LogP contribution in [0.15, 0.2) is 53.6 Å². The van der Waals surface area contributed by atoms with Crippen LogP contribution in [0.2, 0.25) is 5.02 Å². The highest BCUT2D eigenvalue weighted by Crippen LogP contribution is 2.20. The molecule has 0 spiro atoms. The summed E-state index contributed by atoms with van der Waals surface area (Å²) in [5, 5.41) is 15.4. The van der Waals surface area contributed by atoms with E-state index < -0.39 is 4.92 Å². The summed E-state index contributed by atoms with van der Waals surface area (Å²) in [5.41, 5.74) is 4.30. The maximum absolute atomic E-state index is 12.3.